The van der Waals surface area contributed by atoms with Crippen molar-refractivity contribution in [2.45, 2.75) is 38.1 Å². The third-order valence-corrected chi connectivity index (χ3v) is 8.05. The molecule has 2 saturated heterocycles. The minimum atomic E-state index is -0.540. The molecule has 6 rings (SSSR count). The Morgan fingerprint density at radius 1 is 1.11 bits per heavy atom. The molecule has 3 N–H and O–H groups in total. The molecule has 1 atom stereocenters. The van der Waals surface area contributed by atoms with Crippen LogP contribution in [0.4, 0.5) is 17.7 Å². The molecule has 1 saturated carbocycles. The molecule has 1 aliphatic carbocycles. The first-order valence-corrected chi connectivity index (χ1v) is 12.4. The van der Waals surface area contributed by atoms with Crippen LogP contribution in [0.3, 0.4) is 0 Å². The number of aliphatic hydroxyl groups excluding tert-OH is 1. The maximum Gasteiger partial charge on any atom is 0.231 e. The molecule has 2 aromatic heterocycles. The number of carbonyl (C=O) groups is 1. The summed E-state index contributed by atoms with van der Waals surface area (Å²) in [6.45, 7) is 7.05. The van der Waals surface area contributed by atoms with Gasteiger partial charge in [-0.15, -0.1) is 0 Å². The van der Waals surface area contributed by atoms with Gasteiger partial charge in [0.15, 0.2) is 0 Å². The Hall–Kier alpha value is -3.05. The SMILES string of the molecule is C[C@]1(N2CCc3c(-c4cnc(N)nc4)nc(N4CCOCC4)nc32)CCN(C(=O)C2(CO)CC2)C1. The van der Waals surface area contributed by atoms with Gasteiger partial charge in [-0.2, -0.15) is 4.98 Å². The van der Waals surface area contributed by atoms with Crippen LogP contribution in [0.1, 0.15) is 31.7 Å². The van der Waals surface area contributed by atoms with E-state index in [-0.39, 0.29) is 24.0 Å². The number of hydrogen-bond donors (Lipinski definition) is 2. The van der Waals surface area contributed by atoms with E-state index in [9.17, 15) is 9.90 Å². The molecule has 11 nitrogen and oxygen atoms in total. The molecule has 186 valence electrons. The van der Waals surface area contributed by atoms with Gasteiger partial charge >= 0.3 is 0 Å². The summed E-state index contributed by atoms with van der Waals surface area (Å²) in [5.41, 5.74) is 7.70. The van der Waals surface area contributed by atoms with Crippen LogP contribution in [0.5, 0.6) is 0 Å². The zero-order valence-electron chi connectivity index (χ0n) is 20.1. The number of rotatable bonds is 5. The number of nitrogens with zero attached hydrogens (tertiary/aromatic N) is 7. The molecule has 0 bridgehead atoms. The molecule has 4 aliphatic rings. The molecule has 0 unspecified atom stereocenters. The maximum absolute atomic E-state index is 13.1. The second kappa shape index (κ2) is 8.27. The van der Waals surface area contributed by atoms with Crippen LogP contribution in [-0.4, -0.2) is 93.9 Å². The lowest BCUT2D eigenvalue weighted by Crippen LogP contribution is -2.49. The standard InChI is InChI=1S/C24H32N8O3/c1-23(5-7-31(14-23)20(34)24(15-33)3-4-24)32-6-2-17-18(16-12-26-21(25)27-13-16)28-22(29-19(17)32)30-8-10-35-11-9-30/h12-13,33H,2-11,14-15H2,1H3,(H2,25,26,27)/t23-/m0/s1. The summed E-state index contributed by atoms with van der Waals surface area (Å²) >= 11 is 0. The van der Waals surface area contributed by atoms with Crippen LogP contribution in [0.2, 0.25) is 0 Å². The average molecular weight is 481 g/mol. The monoisotopic (exact) mass is 480 g/mol. The van der Waals surface area contributed by atoms with Crippen LogP contribution in [0.25, 0.3) is 11.3 Å². The normalized spacial score (nSPS) is 25.1. The molecule has 0 radical (unpaired) electrons. The molecular formula is C24H32N8O3. The summed E-state index contributed by atoms with van der Waals surface area (Å²) in [5, 5.41) is 9.76. The van der Waals surface area contributed by atoms with Gasteiger partial charge in [-0.3, -0.25) is 4.79 Å². The number of carbonyl (C=O) groups excluding carboxylic acids is 1. The fourth-order valence-corrected chi connectivity index (χ4v) is 5.64. The number of ether oxygens (including phenoxy) is 1. The van der Waals surface area contributed by atoms with Crippen molar-refractivity contribution in [1.82, 2.24) is 24.8 Å². The second-order valence-corrected chi connectivity index (χ2v) is 10.4. The number of morpholine rings is 1. The van der Waals surface area contributed by atoms with Crippen LogP contribution >= 0.6 is 0 Å². The number of anilines is 3. The van der Waals surface area contributed by atoms with E-state index in [0.717, 1.165) is 68.0 Å². The van der Waals surface area contributed by atoms with Crippen LogP contribution in [0, 0.1) is 5.41 Å². The molecule has 11 heteroatoms. The van der Waals surface area contributed by atoms with Gasteiger partial charge in [0.25, 0.3) is 0 Å². The summed E-state index contributed by atoms with van der Waals surface area (Å²) < 4.78 is 5.54. The number of aliphatic hydroxyl groups is 1. The quantitative estimate of drug-likeness (QED) is 0.622. The fraction of sp³-hybridized carbons (Fsp3) is 0.625. The Labute approximate surface area is 204 Å². The van der Waals surface area contributed by atoms with E-state index in [2.05, 4.69) is 26.7 Å². The third kappa shape index (κ3) is 3.77. The van der Waals surface area contributed by atoms with E-state index in [1.54, 1.807) is 12.4 Å². The first kappa shape index (κ1) is 22.4. The Morgan fingerprint density at radius 2 is 1.86 bits per heavy atom. The first-order valence-electron chi connectivity index (χ1n) is 12.4. The van der Waals surface area contributed by atoms with Crippen molar-refractivity contribution < 1.29 is 14.6 Å². The molecule has 35 heavy (non-hydrogen) atoms. The summed E-state index contributed by atoms with van der Waals surface area (Å²) in [6, 6.07) is 0. The van der Waals surface area contributed by atoms with Gasteiger partial charge in [0.2, 0.25) is 17.8 Å². The lowest BCUT2D eigenvalue weighted by Gasteiger charge is -2.37. The van der Waals surface area contributed by atoms with Crippen LogP contribution in [-0.2, 0) is 16.0 Å². The second-order valence-electron chi connectivity index (χ2n) is 10.4. The fourth-order valence-electron chi connectivity index (χ4n) is 5.64. The Morgan fingerprint density at radius 3 is 2.54 bits per heavy atom. The van der Waals surface area contributed by atoms with Gasteiger partial charge < -0.3 is 30.3 Å². The topological polar surface area (TPSA) is 134 Å². The van der Waals surface area contributed by atoms with Crippen molar-refractivity contribution in [2.24, 2.45) is 5.41 Å². The van der Waals surface area contributed by atoms with E-state index in [0.29, 0.717) is 32.3 Å². The largest absolute Gasteiger partial charge is 0.395 e. The minimum Gasteiger partial charge on any atom is -0.395 e. The van der Waals surface area contributed by atoms with Crippen molar-refractivity contribution in [1.29, 1.82) is 0 Å². The molecule has 3 aliphatic heterocycles. The van der Waals surface area contributed by atoms with E-state index >= 15 is 0 Å². The lowest BCUT2D eigenvalue weighted by molar-refractivity contribution is -0.137. The number of nitrogens with two attached hydrogens (primary N) is 1. The van der Waals surface area contributed by atoms with Crippen molar-refractivity contribution >= 4 is 23.6 Å². The predicted molar refractivity (Wildman–Crippen MR) is 130 cm³/mol. The van der Waals surface area contributed by atoms with Gasteiger partial charge in [0, 0.05) is 56.2 Å². The van der Waals surface area contributed by atoms with Gasteiger partial charge in [-0.1, -0.05) is 0 Å². The van der Waals surface area contributed by atoms with E-state index in [1.807, 2.05) is 4.90 Å². The van der Waals surface area contributed by atoms with Gasteiger partial charge in [-0.05, 0) is 32.6 Å². The molecule has 0 aromatic carbocycles. The summed E-state index contributed by atoms with van der Waals surface area (Å²) in [4.78, 5) is 38.0. The molecule has 3 fully saturated rings. The molecule has 2 aromatic rings. The number of fused-ring (bicyclic) bond motifs is 1. The predicted octanol–water partition coefficient (Wildman–Crippen LogP) is 0.478. The number of nitrogen functional groups attached to an aromatic ring is 1. The highest BCUT2D eigenvalue weighted by Gasteiger charge is 2.54. The van der Waals surface area contributed by atoms with Crippen molar-refractivity contribution in [3.8, 4) is 11.3 Å². The number of likely N-dealkylation sites (tertiary alicyclic amines) is 1. The number of amides is 1. The van der Waals surface area contributed by atoms with Crippen molar-refractivity contribution in [2.75, 3.05) is 68.1 Å². The first-order chi connectivity index (χ1) is 16.9. The lowest BCUT2D eigenvalue weighted by atomic mass is 9.99. The third-order valence-electron chi connectivity index (χ3n) is 8.05. The zero-order valence-corrected chi connectivity index (χ0v) is 20.1. The average Bonchev–Trinajstić information content (AvgIpc) is 3.40. The Kier molecular flexibility index (Phi) is 5.29. The Bertz CT molecular complexity index is 1130. The van der Waals surface area contributed by atoms with Crippen molar-refractivity contribution in [3.63, 3.8) is 0 Å². The van der Waals surface area contributed by atoms with E-state index < -0.39 is 5.41 Å². The highest BCUT2D eigenvalue weighted by Crippen LogP contribution is 2.48. The minimum absolute atomic E-state index is 0.0608. The van der Waals surface area contributed by atoms with Crippen LogP contribution in [0.15, 0.2) is 12.4 Å². The smallest absolute Gasteiger partial charge is 0.231 e. The maximum atomic E-state index is 13.1. The van der Waals surface area contributed by atoms with Crippen LogP contribution < -0.4 is 15.5 Å². The summed E-state index contributed by atoms with van der Waals surface area (Å²) in [7, 11) is 0. The number of aromatic nitrogens is 4. The summed E-state index contributed by atoms with van der Waals surface area (Å²) in [5.74, 6) is 1.93. The Balaban J connectivity index is 1.36. The van der Waals surface area contributed by atoms with Gasteiger partial charge in [0.1, 0.15) is 5.82 Å². The van der Waals surface area contributed by atoms with Gasteiger partial charge in [0.05, 0.1) is 36.5 Å². The van der Waals surface area contributed by atoms with E-state index in [4.69, 9.17) is 20.4 Å². The van der Waals surface area contributed by atoms with Crippen molar-refractivity contribution in [3.05, 3.63) is 18.0 Å². The van der Waals surface area contributed by atoms with Gasteiger partial charge in [-0.25, -0.2) is 15.0 Å². The molecular weight excluding hydrogens is 448 g/mol. The molecule has 1 amide bonds. The molecule has 0 spiro atoms. The number of hydrogen-bond acceptors (Lipinski definition) is 10. The summed E-state index contributed by atoms with van der Waals surface area (Å²) in [6.07, 6.45) is 6.67. The molecule has 5 heterocycles. The van der Waals surface area contributed by atoms with E-state index in [1.165, 1.54) is 0 Å². The highest BCUT2D eigenvalue weighted by atomic mass is 16.5. The zero-order chi connectivity index (χ0) is 24.2. The highest BCUT2D eigenvalue weighted by molar-refractivity contribution is 5.86.